The third-order valence-electron chi connectivity index (χ3n) is 17.5. The number of ether oxygens (including phenoxy) is 2. The van der Waals surface area contributed by atoms with Crippen molar-refractivity contribution in [2.45, 2.75) is 149 Å². The van der Waals surface area contributed by atoms with Gasteiger partial charge in [-0.2, -0.15) is 0 Å². The van der Waals surface area contributed by atoms with Crippen LogP contribution in [0.5, 0.6) is 5.75 Å². The number of likely N-dealkylation sites (tertiary alicyclic amines) is 1. The molecule has 4 aliphatic carbocycles. The molecule has 4 N–H and O–H groups in total. The van der Waals surface area contributed by atoms with Crippen LogP contribution in [-0.2, 0) is 19.1 Å². The summed E-state index contributed by atoms with van der Waals surface area (Å²) in [4.78, 5) is 89.8. The fourth-order valence-corrected chi connectivity index (χ4v) is 13.4. The quantitative estimate of drug-likeness (QED) is 0.0518. The number of carbonyl (C=O) groups excluding carboxylic acids is 5. The van der Waals surface area contributed by atoms with Crippen molar-refractivity contribution in [3.05, 3.63) is 149 Å². The monoisotopic (exact) mass is 1090 g/mol. The fraction of sp³-hybridized carbons (Fsp3) is 0.439. The lowest BCUT2D eigenvalue weighted by Gasteiger charge is -2.33. The van der Waals surface area contributed by atoms with Crippen LogP contribution in [-0.4, -0.2) is 84.7 Å². The number of ketones is 1. The summed E-state index contributed by atoms with van der Waals surface area (Å²) in [6.07, 6.45) is 18.2. The molecule has 2 saturated carbocycles. The number of imidazole rings is 2. The molecule has 2 aromatic heterocycles. The number of aromatic nitrogens is 4. The van der Waals surface area contributed by atoms with Crippen molar-refractivity contribution < 1.29 is 33.4 Å². The summed E-state index contributed by atoms with van der Waals surface area (Å²) in [5.41, 5.74) is 11.3. The highest BCUT2D eigenvalue weighted by Gasteiger charge is 2.48. The summed E-state index contributed by atoms with van der Waals surface area (Å²) in [6, 6.07) is 17.3. The first-order valence-corrected chi connectivity index (χ1v) is 29.4. The van der Waals surface area contributed by atoms with Crippen LogP contribution in [0.3, 0.4) is 0 Å². The number of rotatable bonds is 17. The average molecular weight is 1100 g/mol. The van der Waals surface area contributed by atoms with E-state index in [1.165, 1.54) is 5.57 Å². The second-order valence-corrected chi connectivity index (χ2v) is 23.4. The Kier molecular flexibility index (Phi) is 16.8. The zero-order valence-corrected chi connectivity index (χ0v) is 48.1. The van der Waals surface area contributed by atoms with Gasteiger partial charge >= 0.3 is 12.2 Å². The summed E-state index contributed by atoms with van der Waals surface area (Å²) in [6.45, 7) is 20.9. The molecule has 1 saturated heterocycles. The van der Waals surface area contributed by atoms with Crippen LogP contribution in [0, 0.1) is 23.7 Å². The molecule has 8 atom stereocenters. The number of fused-ring (bicyclic) bond motifs is 8. The van der Waals surface area contributed by atoms with Crippen molar-refractivity contribution in [1.82, 2.24) is 40.4 Å². The Balaban J connectivity index is 0.925. The third-order valence-corrected chi connectivity index (χ3v) is 17.5. The first kappa shape index (κ1) is 56.5. The number of H-pyrrole nitrogens is 2. The molecule has 4 bridgehead atoms. The number of Topliss-reactive ketones (excluding diaryl/α,β-unsaturated/α-hetero) is 1. The minimum atomic E-state index is -0.824. The van der Waals surface area contributed by atoms with Crippen molar-refractivity contribution in [3.8, 4) is 17.0 Å². The van der Waals surface area contributed by atoms with Crippen LogP contribution in [0.15, 0.2) is 115 Å². The molecule has 3 heterocycles. The van der Waals surface area contributed by atoms with E-state index < -0.39 is 30.3 Å². The molecule has 15 heteroatoms. The number of amides is 4. The van der Waals surface area contributed by atoms with Gasteiger partial charge in [0.1, 0.15) is 41.0 Å². The Bertz CT molecular complexity index is 3360. The highest BCUT2D eigenvalue weighted by Crippen LogP contribution is 2.56. The normalized spacial score (nSPS) is 23.1. The number of likely N-dealkylation sites (N-methyl/N-ethyl adjacent to an activating group) is 1. The molecule has 5 aliphatic rings. The summed E-state index contributed by atoms with van der Waals surface area (Å²) in [5, 5.41) is 5.67. The summed E-state index contributed by atoms with van der Waals surface area (Å²) >= 11 is 0. The number of alkyl carbamates (subject to hydrolysis) is 1. The molecule has 3 fully saturated rings. The van der Waals surface area contributed by atoms with Crippen LogP contribution in [0.1, 0.15) is 171 Å². The van der Waals surface area contributed by atoms with Crippen molar-refractivity contribution in [2.24, 2.45) is 23.7 Å². The van der Waals surface area contributed by atoms with Crippen LogP contribution in [0.4, 0.5) is 9.59 Å². The Morgan fingerprint density at radius 1 is 0.877 bits per heavy atom. The number of aromatic amines is 2. The fourth-order valence-electron chi connectivity index (χ4n) is 13.4. The first-order chi connectivity index (χ1) is 39.1. The summed E-state index contributed by atoms with van der Waals surface area (Å²) in [7, 11) is 0. The Hall–Kier alpha value is -7.81. The lowest BCUT2D eigenvalue weighted by molar-refractivity contribution is -0.137. The number of benzene rings is 3. The van der Waals surface area contributed by atoms with Gasteiger partial charge in [-0.25, -0.2) is 19.6 Å². The molecule has 15 nitrogen and oxygen atoms in total. The molecule has 81 heavy (non-hydrogen) atoms. The molecule has 1 aliphatic heterocycles. The number of carbonyl (C=O) groups is 5. The predicted octanol–water partition coefficient (Wildman–Crippen LogP) is 13.3. The lowest BCUT2D eigenvalue weighted by atomic mass is 9.80. The van der Waals surface area contributed by atoms with Crippen molar-refractivity contribution in [3.63, 3.8) is 0 Å². The van der Waals surface area contributed by atoms with E-state index in [-0.39, 0.29) is 47.3 Å². The third kappa shape index (κ3) is 11.5. The first-order valence-electron chi connectivity index (χ1n) is 29.4. The van der Waals surface area contributed by atoms with Crippen LogP contribution >= 0.6 is 0 Å². The lowest BCUT2D eigenvalue weighted by Crippen LogP contribution is -2.52. The van der Waals surface area contributed by atoms with Crippen LogP contribution < -0.4 is 15.4 Å². The zero-order chi connectivity index (χ0) is 57.2. The summed E-state index contributed by atoms with van der Waals surface area (Å²) in [5.74, 6) is 2.12. The Morgan fingerprint density at radius 3 is 2.32 bits per heavy atom. The number of nitrogens with one attached hydrogen (secondary N) is 4. The molecule has 3 aromatic carbocycles. The second-order valence-electron chi connectivity index (χ2n) is 23.4. The molecular weight excluding hydrogens is 1020 g/mol. The van der Waals surface area contributed by atoms with Gasteiger partial charge in [0.05, 0.1) is 35.0 Å². The van der Waals surface area contributed by atoms with Gasteiger partial charge in [-0.3, -0.25) is 14.4 Å². The maximum Gasteiger partial charge on any atom is 0.413 e. The van der Waals surface area contributed by atoms with E-state index >= 15 is 0 Å². The van der Waals surface area contributed by atoms with Gasteiger partial charge < -0.3 is 39.9 Å². The second kappa shape index (κ2) is 24.1. The smallest absolute Gasteiger partial charge is 0.413 e. The van der Waals surface area contributed by atoms with Crippen molar-refractivity contribution in [1.29, 1.82) is 0 Å². The standard InChI is InChI=1S/C66H78N8O7/c1-10-13-18-39(8)80-65(78)71-58(37(4)5)63(76)73(12-3)54(11-2)61-67-36-53(70-61)48-28-27-47(56-49-29-30-50(57(48)56)60(49)75)43-24-26-46(40(9)42-23-22-41(33-42)34-43)44-25-31-51-52(35-44)69-62(68-51)55-21-17-32-74(55)64(77)59(38(6)7)72-66(79)81-45-19-15-14-16-20-45/h10,13-16,18-20,24-28,31,35-38,41-42,49-50,54-55,58-59H,9,11-12,17,21-23,29-30,32-34H2,1-8H3,(H,67,70)(H,68,69)(H,71,78)(H,72,79)/b13-10-,39-18+,43-24+,46-26+/t41?,42?,49?,50?,54-,55-,58-,59-/m0/s1. The molecule has 424 valence electrons. The number of para-hydroxylation sites is 1. The largest absolute Gasteiger partial charge is 0.415 e. The van der Waals surface area contributed by atoms with Gasteiger partial charge in [0.2, 0.25) is 11.8 Å². The van der Waals surface area contributed by atoms with E-state index in [1.807, 2.05) is 77.8 Å². The maximum atomic E-state index is 14.4. The number of hydrogen-bond donors (Lipinski definition) is 4. The predicted molar refractivity (Wildman–Crippen MR) is 316 cm³/mol. The van der Waals surface area contributed by atoms with E-state index in [9.17, 15) is 24.0 Å². The molecule has 10 rings (SSSR count). The van der Waals surface area contributed by atoms with Crippen LogP contribution in [0.2, 0.25) is 0 Å². The maximum absolute atomic E-state index is 14.4. The van der Waals surface area contributed by atoms with Gasteiger partial charge in [0.15, 0.2) is 0 Å². The van der Waals surface area contributed by atoms with Gasteiger partial charge in [-0.15, -0.1) is 0 Å². The molecule has 0 spiro atoms. The van der Waals surface area contributed by atoms with E-state index in [0.717, 1.165) is 107 Å². The van der Waals surface area contributed by atoms with Crippen molar-refractivity contribution in [2.75, 3.05) is 13.1 Å². The number of allylic oxidation sites excluding steroid dienone is 9. The molecule has 4 amide bonds. The SMILES string of the molecule is C=C1/C(c2ccc3nc([C@@H]4CCCN4C(=O)[C@@H](NC(=O)Oc4ccccc4)C(C)C)[nH]c3c2)=C\C=C(\c2ccc(-c3cnc([C@H](CC)N(CC)C(=O)[C@@H](NC(=O)O/C(C)=C/C=C\C)C(C)C)[nH]3)c3c2C2CCC3C2=O)CC2CCC1C2. The Morgan fingerprint density at radius 2 is 1.60 bits per heavy atom. The number of nitrogens with zero attached hydrogens (tertiary/aromatic N) is 4. The van der Waals surface area contributed by atoms with E-state index in [0.29, 0.717) is 54.5 Å². The highest BCUT2D eigenvalue weighted by molar-refractivity contribution is 6.03. The molecule has 4 unspecified atom stereocenters. The van der Waals surface area contributed by atoms with Crippen LogP contribution in [0.25, 0.3) is 33.4 Å². The van der Waals surface area contributed by atoms with Gasteiger partial charge in [-0.05, 0) is 172 Å². The minimum absolute atomic E-state index is 0.165. The van der Waals surface area contributed by atoms with E-state index in [4.69, 9.17) is 26.0 Å². The van der Waals surface area contributed by atoms with E-state index in [1.54, 1.807) is 48.2 Å². The zero-order valence-electron chi connectivity index (χ0n) is 48.1. The topological polar surface area (TPSA) is 192 Å². The van der Waals surface area contributed by atoms with E-state index in [2.05, 4.69) is 57.0 Å². The molecular formula is C66H78N8O7. The number of hydrogen-bond acceptors (Lipinski definition) is 9. The van der Waals surface area contributed by atoms with Gasteiger partial charge in [0, 0.05) is 30.5 Å². The Labute approximate surface area is 475 Å². The van der Waals surface area contributed by atoms with Gasteiger partial charge in [-0.1, -0.05) is 102 Å². The minimum Gasteiger partial charge on any atom is -0.415 e. The van der Waals surface area contributed by atoms with Gasteiger partial charge in [0.25, 0.3) is 0 Å². The van der Waals surface area contributed by atoms with Crippen molar-refractivity contribution >= 4 is 52.0 Å². The molecule has 5 aromatic rings. The summed E-state index contributed by atoms with van der Waals surface area (Å²) < 4.78 is 11.0. The average Bonchev–Trinajstić information content (AvgIpc) is 4.53. The molecule has 0 radical (unpaired) electrons. The highest BCUT2D eigenvalue weighted by atomic mass is 16.6.